The third-order valence-electron chi connectivity index (χ3n) is 2.25. The van der Waals surface area contributed by atoms with Crippen LogP contribution in [0, 0.1) is 10.1 Å². The van der Waals surface area contributed by atoms with Crippen LogP contribution in [0.1, 0.15) is 30.1 Å². The minimum absolute atomic E-state index is 0.0266. The zero-order valence-corrected chi connectivity index (χ0v) is 9.72. The molecule has 1 rings (SSSR count). The maximum absolute atomic E-state index is 11.6. The molecule has 0 aliphatic heterocycles. The Balaban J connectivity index is 2.56. The summed E-state index contributed by atoms with van der Waals surface area (Å²) in [5.41, 5.74) is 0.236. The van der Waals surface area contributed by atoms with Gasteiger partial charge in [0.25, 0.3) is 5.69 Å². The lowest BCUT2D eigenvalue weighted by atomic mass is 10.1. The van der Waals surface area contributed by atoms with Crippen LogP contribution < -0.4 is 0 Å². The lowest BCUT2D eigenvalue weighted by molar-refractivity contribution is -0.384. The molecular formula is C12H15NO4. The number of carbonyl (C=O) groups is 1. The highest BCUT2D eigenvalue weighted by Gasteiger charge is 2.11. The van der Waals surface area contributed by atoms with Gasteiger partial charge in [-0.3, -0.25) is 14.9 Å². The molecule has 0 aliphatic rings. The summed E-state index contributed by atoms with van der Waals surface area (Å²) in [7, 11) is 0. The van der Waals surface area contributed by atoms with Crippen LogP contribution in [0.3, 0.4) is 0 Å². The molecule has 5 heteroatoms. The second-order valence-corrected chi connectivity index (χ2v) is 3.64. The molecule has 0 amide bonds. The smallest absolute Gasteiger partial charge is 0.270 e. The molecule has 0 bridgehead atoms. The average Bonchev–Trinajstić information content (AvgIpc) is 2.34. The normalized spacial score (nSPS) is 10.2. The molecule has 5 nitrogen and oxygen atoms in total. The van der Waals surface area contributed by atoms with Gasteiger partial charge in [-0.05, 0) is 6.42 Å². The summed E-state index contributed by atoms with van der Waals surface area (Å²) in [4.78, 5) is 21.7. The molecule has 0 aromatic heterocycles. The SMILES string of the molecule is CCCCOCC(=O)c1cccc([N+](=O)[O-])c1. The molecule has 0 saturated heterocycles. The van der Waals surface area contributed by atoms with E-state index in [1.54, 1.807) is 6.07 Å². The van der Waals surface area contributed by atoms with Gasteiger partial charge in [0.15, 0.2) is 5.78 Å². The zero-order valence-electron chi connectivity index (χ0n) is 9.72. The minimum atomic E-state index is -0.519. The van der Waals surface area contributed by atoms with Gasteiger partial charge in [0.1, 0.15) is 6.61 Å². The van der Waals surface area contributed by atoms with E-state index in [-0.39, 0.29) is 18.1 Å². The number of nitro benzene ring substituents is 1. The van der Waals surface area contributed by atoms with Crippen LogP contribution in [0.15, 0.2) is 24.3 Å². The number of nitro groups is 1. The fraction of sp³-hybridized carbons (Fsp3) is 0.417. The van der Waals surface area contributed by atoms with Crippen LogP contribution in [-0.2, 0) is 4.74 Å². The standard InChI is InChI=1S/C12H15NO4/c1-2-3-7-17-9-12(14)10-5-4-6-11(8-10)13(15)16/h4-6,8H,2-3,7,9H2,1H3. The monoisotopic (exact) mass is 237 g/mol. The highest BCUT2D eigenvalue weighted by molar-refractivity contribution is 5.97. The summed E-state index contributed by atoms with van der Waals surface area (Å²) < 4.78 is 5.17. The van der Waals surface area contributed by atoms with E-state index in [1.165, 1.54) is 18.2 Å². The topological polar surface area (TPSA) is 69.4 Å². The van der Waals surface area contributed by atoms with Gasteiger partial charge in [-0.2, -0.15) is 0 Å². The van der Waals surface area contributed by atoms with Crippen molar-refractivity contribution >= 4 is 11.5 Å². The molecular weight excluding hydrogens is 222 g/mol. The second-order valence-electron chi connectivity index (χ2n) is 3.64. The number of rotatable bonds is 7. The quantitative estimate of drug-likeness (QED) is 0.316. The highest BCUT2D eigenvalue weighted by Crippen LogP contribution is 2.13. The predicted molar refractivity (Wildman–Crippen MR) is 63.2 cm³/mol. The molecule has 0 fully saturated rings. The molecule has 0 saturated carbocycles. The number of carbonyl (C=O) groups excluding carboxylic acids is 1. The molecule has 0 N–H and O–H groups in total. The molecule has 0 radical (unpaired) electrons. The molecule has 0 heterocycles. The van der Waals surface area contributed by atoms with Crippen LogP contribution >= 0.6 is 0 Å². The van der Waals surface area contributed by atoms with Crippen molar-refractivity contribution in [3.8, 4) is 0 Å². The summed E-state index contributed by atoms with van der Waals surface area (Å²) in [6.07, 6.45) is 1.91. The van der Waals surface area contributed by atoms with Crippen molar-refractivity contribution in [2.24, 2.45) is 0 Å². The van der Waals surface area contributed by atoms with Crippen molar-refractivity contribution in [3.63, 3.8) is 0 Å². The summed E-state index contributed by atoms with van der Waals surface area (Å²) >= 11 is 0. The number of non-ortho nitro benzene ring substituents is 1. The van der Waals surface area contributed by atoms with Crippen molar-refractivity contribution < 1.29 is 14.5 Å². The van der Waals surface area contributed by atoms with E-state index in [0.717, 1.165) is 12.8 Å². The molecule has 0 atom stereocenters. The van der Waals surface area contributed by atoms with E-state index in [4.69, 9.17) is 4.74 Å². The molecule has 17 heavy (non-hydrogen) atoms. The molecule has 0 unspecified atom stereocenters. The van der Waals surface area contributed by atoms with Gasteiger partial charge in [-0.15, -0.1) is 0 Å². The fourth-order valence-corrected chi connectivity index (χ4v) is 1.29. The molecule has 1 aromatic carbocycles. The number of hydrogen-bond acceptors (Lipinski definition) is 4. The van der Waals surface area contributed by atoms with Gasteiger partial charge < -0.3 is 4.74 Å². The van der Waals surface area contributed by atoms with Crippen LogP contribution in [0.4, 0.5) is 5.69 Å². The summed E-state index contributed by atoms with van der Waals surface area (Å²) in [6.45, 7) is 2.55. The first-order chi connectivity index (χ1) is 8.15. The Morgan fingerprint density at radius 2 is 2.24 bits per heavy atom. The molecule has 0 aliphatic carbocycles. The summed E-state index contributed by atoms with van der Waals surface area (Å²) in [5, 5.41) is 10.5. The van der Waals surface area contributed by atoms with Gasteiger partial charge in [0.05, 0.1) is 4.92 Å². The number of nitrogens with zero attached hydrogens (tertiary/aromatic N) is 1. The van der Waals surface area contributed by atoms with E-state index in [1.807, 2.05) is 6.92 Å². The Morgan fingerprint density at radius 1 is 1.47 bits per heavy atom. The predicted octanol–water partition coefficient (Wildman–Crippen LogP) is 2.59. The second kappa shape index (κ2) is 6.75. The first-order valence-corrected chi connectivity index (χ1v) is 5.50. The first-order valence-electron chi connectivity index (χ1n) is 5.50. The number of benzene rings is 1. The lowest BCUT2D eigenvalue weighted by Gasteiger charge is -2.02. The van der Waals surface area contributed by atoms with Gasteiger partial charge in [0.2, 0.25) is 0 Å². The van der Waals surface area contributed by atoms with Crippen molar-refractivity contribution in [1.29, 1.82) is 0 Å². The van der Waals surface area contributed by atoms with E-state index < -0.39 is 4.92 Å². The maximum atomic E-state index is 11.6. The molecule has 0 spiro atoms. The van der Waals surface area contributed by atoms with Crippen molar-refractivity contribution in [1.82, 2.24) is 0 Å². The number of unbranched alkanes of at least 4 members (excludes halogenated alkanes) is 1. The Hall–Kier alpha value is -1.75. The third kappa shape index (κ3) is 4.32. The van der Waals surface area contributed by atoms with E-state index >= 15 is 0 Å². The lowest BCUT2D eigenvalue weighted by Crippen LogP contribution is -2.10. The van der Waals surface area contributed by atoms with Crippen molar-refractivity contribution in [2.45, 2.75) is 19.8 Å². The minimum Gasteiger partial charge on any atom is -0.373 e. The summed E-state index contributed by atoms with van der Waals surface area (Å²) in [6, 6.07) is 5.68. The third-order valence-corrected chi connectivity index (χ3v) is 2.25. The number of ether oxygens (including phenoxy) is 1. The summed E-state index contributed by atoms with van der Waals surface area (Å²) in [5.74, 6) is -0.232. The first kappa shape index (κ1) is 13.3. The van der Waals surface area contributed by atoms with Crippen LogP contribution in [0.2, 0.25) is 0 Å². The van der Waals surface area contributed by atoms with E-state index in [9.17, 15) is 14.9 Å². The van der Waals surface area contributed by atoms with E-state index in [2.05, 4.69) is 0 Å². The Bertz CT molecular complexity index is 403. The zero-order chi connectivity index (χ0) is 12.7. The Kier molecular flexibility index (Phi) is 5.29. The molecule has 92 valence electrons. The number of ketones is 1. The van der Waals surface area contributed by atoms with Crippen molar-refractivity contribution in [2.75, 3.05) is 13.2 Å². The maximum Gasteiger partial charge on any atom is 0.270 e. The number of hydrogen-bond donors (Lipinski definition) is 0. The highest BCUT2D eigenvalue weighted by atomic mass is 16.6. The Labute approximate surface area is 99.5 Å². The van der Waals surface area contributed by atoms with Crippen LogP contribution in [0.25, 0.3) is 0 Å². The molecule has 1 aromatic rings. The van der Waals surface area contributed by atoms with Gasteiger partial charge in [0, 0.05) is 24.3 Å². The Morgan fingerprint density at radius 3 is 2.88 bits per heavy atom. The van der Waals surface area contributed by atoms with Gasteiger partial charge in [-0.25, -0.2) is 0 Å². The van der Waals surface area contributed by atoms with E-state index in [0.29, 0.717) is 12.2 Å². The number of Topliss-reactive ketones (excluding diaryl/α,β-unsaturated/α-hetero) is 1. The largest absolute Gasteiger partial charge is 0.373 e. The van der Waals surface area contributed by atoms with Crippen LogP contribution in [0.5, 0.6) is 0 Å². The van der Waals surface area contributed by atoms with Gasteiger partial charge >= 0.3 is 0 Å². The fourth-order valence-electron chi connectivity index (χ4n) is 1.29. The van der Waals surface area contributed by atoms with Crippen molar-refractivity contribution in [3.05, 3.63) is 39.9 Å². The van der Waals surface area contributed by atoms with Crippen LogP contribution in [-0.4, -0.2) is 23.9 Å². The van der Waals surface area contributed by atoms with Gasteiger partial charge in [-0.1, -0.05) is 25.5 Å². The average molecular weight is 237 g/mol.